The summed E-state index contributed by atoms with van der Waals surface area (Å²) in [6.07, 6.45) is 0.418. The number of esters is 1. The normalized spacial score (nSPS) is 11.4. The molecular weight excluding hydrogens is 236 g/mol. The number of hydrogen-bond donors (Lipinski definition) is 0. The molecule has 0 aliphatic carbocycles. The third-order valence-corrected chi connectivity index (χ3v) is 2.45. The van der Waals surface area contributed by atoms with E-state index >= 15 is 0 Å². The highest BCUT2D eigenvalue weighted by Crippen LogP contribution is 2.16. The lowest BCUT2D eigenvalue weighted by Gasteiger charge is -2.10. The van der Waals surface area contributed by atoms with Crippen LogP contribution in [0.5, 0.6) is 0 Å². The Hall–Kier alpha value is -2.17. The molecule has 0 amide bonds. The van der Waals surface area contributed by atoms with E-state index in [0.717, 1.165) is 5.56 Å². The van der Waals surface area contributed by atoms with Gasteiger partial charge in [0.15, 0.2) is 12.4 Å². The maximum Gasteiger partial charge on any atom is 0.305 e. The fourth-order valence-electron chi connectivity index (χ4n) is 1.52. The first-order chi connectivity index (χ1) is 8.71. The van der Waals surface area contributed by atoms with E-state index in [9.17, 15) is 14.4 Å². The summed E-state index contributed by atoms with van der Waals surface area (Å²) >= 11 is 0. The van der Waals surface area contributed by atoms with Crippen LogP contribution in [-0.4, -0.2) is 25.8 Å². The number of rotatable bonds is 7. The van der Waals surface area contributed by atoms with Crippen LogP contribution >= 0.6 is 0 Å². The van der Waals surface area contributed by atoms with Crippen LogP contribution in [0, 0.1) is 0 Å². The third kappa shape index (κ3) is 4.01. The molecular formula is C13H14O5. The number of carbonyl (C=O) groups excluding carboxylic acids is 3. The first-order valence-corrected chi connectivity index (χ1v) is 5.41. The summed E-state index contributed by atoms with van der Waals surface area (Å²) in [5.41, 5.74) is 1.46. The van der Waals surface area contributed by atoms with Gasteiger partial charge < -0.3 is 9.47 Å². The van der Waals surface area contributed by atoms with Gasteiger partial charge in [0.05, 0.1) is 7.11 Å². The van der Waals surface area contributed by atoms with Crippen molar-refractivity contribution < 1.29 is 23.9 Å². The van der Waals surface area contributed by atoms with Gasteiger partial charge >= 0.3 is 5.97 Å². The van der Waals surface area contributed by atoms with Gasteiger partial charge in [-0.25, -0.2) is 0 Å². The second kappa shape index (κ2) is 7.21. The summed E-state index contributed by atoms with van der Waals surface area (Å²) in [5, 5.41) is 0. The quantitative estimate of drug-likeness (QED) is 0.537. The van der Waals surface area contributed by atoms with Gasteiger partial charge in [0.2, 0.25) is 0 Å². The minimum Gasteiger partial charge on any atom is -0.469 e. The molecule has 0 saturated carbocycles. The highest BCUT2D eigenvalue weighted by molar-refractivity contribution is 5.69. The molecule has 0 fully saturated rings. The van der Waals surface area contributed by atoms with Crippen molar-refractivity contribution in [1.82, 2.24) is 0 Å². The maximum absolute atomic E-state index is 11.0. The van der Waals surface area contributed by atoms with Crippen LogP contribution in [-0.2, 0) is 30.3 Å². The van der Waals surface area contributed by atoms with E-state index in [-0.39, 0.29) is 18.9 Å². The molecule has 0 heterocycles. The van der Waals surface area contributed by atoms with Crippen molar-refractivity contribution >= 4 is 18.7 Å². The predicted octanol–water partition coefficient (Wildman–Crippen LogP) is 1.21. The molecule has 1 atom stereocenters. The molecule has 0 bridgehead atoms. The minimum absolute atomic E-state index is 0.236. The number of hydrogen-bond acceptors (Lipinski definition) is 5. The molecule has 5 heteroatoms. The van der Waals surface area contributed by atoms with Crippen LogP contribution in [0.3, 0.4) is 0 Å². The molecule has 0 spiro atoms. The molecule has 1 aromatic carbocycles. The van der Waals surface area contributed by atoms with Crippen molar-refractivity contribution in [3.05, 3.63) is 35.4 Å². The van der Waals surface area contributed by atoms with E-state index in [1.807, 2.05) is 6.07 Å². The second-order valence-electron chi connectivity index (χ2n) is 3.61. The van der Waals surface area contributed by atoms with Gasteiger partial charge in [-0.2, -0.15) is 0 Å². The summed E-state index contributed by atoms with van der Waals surface area (Å²) in [5.74, 6) is -0.295. The first-order valence-electron chi connectivity index (χ1n) is 5.41. The van der Waals surface area contributed by atoms with Gasteiger partial charge in [-0.1, -0.05) is 24.3 Å². The lowest BCUT2D eigenvalue weighted by molar-refractivity contribution is -0.140. The molecule has 5 nitrogen and oxygen atoms in total. The van der Waals surface area contributed by atoms with Gasteiger partial charge in [0.25, 0.3) is 6.47 Å². The van der Waals surface area contributed by atoms with Crippen molar-refractivity contribution in [1.29, 1.82) is 0 Å². The monoisotopic (exact) mass is 250 g/mol. The van der Waals surface area contributed by atoms with Crippen LogP contribution in [0.15, 0.2) is 24.3 Å². The Morgan fingerprint density at radius 3 is 2.78 bits per heavy atom. The van der Waals surface area contributed by atoms with E-state index in [2.05, 4.69) is 9.47 Å². The van der Waals surface area contributed by atoms with Crippen molar-refractivity contribution in [2.75, 3.05) is 7.11 Å². The smallest absolute Gasteiger partial charge is 0.305 e. The van der Waals surface area contributed by atoms with Crippen LogP contribution in [0.2, 0.25) is 0 Å². The van der Waals surface area contributed by atoms with E-state index in [0.29, 0.717) is 18.3 Å². The standard InChI is InChI=1S/C13H14O5/c1-17-13(16)6-5-10-3-2-4-11(7-10)12(8-14)18-9-15/h2-4,7-9,12H,5-6H2,1H3. The molecule has 0 aliphatic rings. The van der Waals surface area contributed by atoms with Crippen molar-refractivity contribution in [2.24, 2.45) is 0 Å². The summed E-state index contributed by atoms with van der Waals surface area (Å²) in [4.78, 5) is 32.0. The van der Waals surface area contributed by atoms with Crippen LogP contribution in [0.25, 0.3) is 0 Å². The predicted molar refractivity (Wildman–Crippen MR) is 62.7 cm³/mol. The Morgan fingerprint density at radius 1 is 1.39 bits per heavy atom. The largest absolute Gasteiger partial charge is 0.469 e. The molecule has 0 radical (unpaired) electrons. The summed E-state index contributed by atoms with van der Waals surface area (Å²) in [7, 11) is 1.33. The Balaban J connectivity index is 2.74. The third-order valence-electron chi connectivity index (χ3n) is 2.45. The van der Waals surface area contributed by atoms with Gasteiger partial charge in [0.1, 0.15) is 0 Å². The summed E-state index contributed by atoms with van der Waals surface area (Å²) in [6, 6.07) is 6.98. The molecule has 18 heavy (non-hydrogen) atoms. The number of ether oxygens (including phenoxy) is 2. The Bertz CT molecular complexity index is 427. The Kier molecular flexibility index (Phi) is 5.57. The lowest BCUT2D eigenvalue weighted by atomic mass is 10.0. The van der Waals surface area contributed by atoms with Gasteiger partial charge in [-0.05, 0) is 17.5 Å². The lowest BCUT2D eigenvalue weighted by Crippen LogP contribution is -2.06. The molecule has 0 saturated heterocycles. The fourth-order valence-corrected chi connectivity index (χ4v) is 1.52. The fraction of sp³-hybridized carbons (Fsp3) is 0.308. The number of carbonyl (C=O) groups is 3. The number of aryl methyl sites for hydroxylation is 1. The number of methoxy groups -OCH3 is 1. The van der Waals surface area contributed by atoms with E-state index < -0.39 is 6.10 Å². The molecule has 96 valence electrons. The Labute approximate surface area is 105 Å². The molecule has 1 aromatic rings. The van der Waals surface area contributed by atoms with Crippen LogP contribution < -0.4 is 0 Å². The zero-order valence-corrected chi connectivity index (χ0v) is 10.00. The molecule has 1 rings (SSSR count). The number of benzene rings is 1. The van der Waals surface area contributed by atoms with Gasteiger partial charge in [0, 0.05) is 6.42 Å². The average Bonchev–Trinajstić information content (AvgIpc) is 2.42. The highest BCUT2D eigenvalue weighted by atomic mass is 16.5. The SMILES string of the molecule is COC(=O)CCc1cccc(C(C=O)OC=O)c1. The van der Waals surface area contributed by atoms with Crippen LogP contribution in [0.1, 0.15) is 23.7 Å². The summed E-state index contributed by atoms with van der Waals surface area (Å²) in [6.45, 7) is 0.236. The van der Waals surface area contributed by atoms with E-state index in [1.54, 1.807) is 18.2 Å². The zero-order chi connectivity index (χ0) is 13.4. The van der Waals surface area contributed by atoms with Gasteiger partial charge in [-0.3, -0.25) is 14.4 Å². The number of aldehydes is 1. The van der Waals surface area contributed by atoms with Crippen molar-refractivity contribution in [2.45, 2.75) is 18.9 Å². The second-order valence-corrected chi connectivity index (χ2v) is 3.61. The summed E-state index contributed by atoms with van der Waals surface area (Å²) < 4.78 is 9.18. The molecule has 0 aromatic heterocycles. The highest BCUT2D eigenvalue weighted by Gasteiger charge is 2.11. The van der Waals surface area contributed by atoms with Crippen molar-refractivity contribution in [3.8, 4) is 0 Å². The minimum atomic E-state index is -0.902. The maximum atomic E-state index is 11.0. The van der Waals surface area contributed by atoms with Gasteiger partial charge in [-0.15, -0.1) is 0 Å². The molecule has 0 aliphatic heterocycles. The van der Waals surface area contributed by atoms with Crippen molar-refractivity contribution in [3.63, 3.8) is 0 Å². The van der Waals surface area contributed by atoms with Crippen LogP contribution in [0.4, 0.5) is 0 Å². The zero-order valence-electron chi connectivity index (χ0n) is 10.00. The van der Waals surface area contributed by atoms with E-state index in [4.69, 9.17) is 0 Å². The Morgan fingerprint density at radius 2 is 2.17 bits per heavy atom. The average molecular weight is 250 g/mol. The topological polar surface area (TPSA) is 69.7 Å². The van der Waals surface area contributed by atoms with E-state index in [1.165, 1.54) is 7.11 Å². The first kappa shape index (κ1) is 13.9. The molecule has 1 unspecified atom stereocenters. The molecule has 0 N–H and O–H groups in total.